The smallest absolute Gasteiger partial charge is 0.321 e. The standard InChI is InChI=1S/C17H19ClN2O2/c1-12-4-8-15(9-5-12)22-11-13-6-7-14(10-16(13)18)19-17(21)20(2)3/h4-10H,11H2,1-3H3,(H,19,21). The molecule has 0 fully saturated rings. The predicted octanol–water partition coefficient (Wildman–Crippen LogP) is 4.32. The second-order valence-corrected chi connectivity index (χ2v) is 5.64. The number of carbonyl (C=O) groups excluding carboxylic acids is 1. The lowest BCUT2D eigenvalue weighted by molar-refractivity contribution is 0.230. The van der Waals surface area contributed by atoms with E-state index in [2.05, 4.69) is 5.32 Å². The predicted molar refractivity (Wildman–Crippen MR) is 89.7 cm³/mol. The Labute approximate surface area is 135 Å². The average molecular weight is 319 g/mol. The molecule has 4 nitrogen and oxygen atoms in total. The molecule has 2 amide bonds. The quantitative estimate of drug-likeness (QED) is 0.912. The summed E-state index contributed by atoms with van der Waals surface area (Å²) >= 11 is 6.24. The maximum Gasteiger partial charge on any atom is 0.321 e. The van der Waals surface area contributed by atoms with Crippen LogP contribution in [0.15, 0.2) is 42.5 Å². The summed E-state index contributed by atoms with van der Waals surface area (Å²) in [5.41, 5.74) is 2.71. The number of halogens is 1. The van der Waals surface area contributed by atoms with Crippen LogP contribution in [0.1, 0.15) is 11.1 Å². The van der Waals surface area contributed by atoms with E-state index in [4.69, 9.17) is 16.3 Å². The highest BCUT2D eigenvalue weighted by Crippen LogP contribution is 2.23. The fourth-order valence-corrected chi connectivity index (χ4v) is 2.01. The van der Waals surface area contributed by atoms with E-state index in [1.165, 1.54) is 10.5 Å². The zero-order valence-electron chi connectivity index (χ0n) is 12.9. The third-order valence-electron chi connectivity index (χ3n) is 3.13. The van der Waals surface area contributed by atoms with Crippen molar-refractivity contribution in [2.45, 2.75) is 13.5 Å². The van der Waals surface area contributed by atoms with Gasteiger partial charge in [0.2, 0.25) is 0 Å². The summed E-state index contributed by atoms with van der Waals surface area (Å²) in [6.07, 6.45) is 0. The van der Waals surface area contributed by atoms with Crippen molar-refractivity contribution < 1.29 is 9.53 Å². The number of hydrogen-bond acceptors (Lipinski definition) is 2. The van der Waals surface area contributed by atoms with E-state index in [0.29, 0.717) is 17.3 Å². The summed E-state index contributed by atoms with van der Waals surface area (Å²) in [7, 11) is 3.36. The van der Waals surface area contributed by atoms with E-state index in [1.807, 2.05) is 37.3 Å². The van der Waals surface area contributed by atoms with Crippen LogP contribution in [0.2, 0.25) is 5.02 Å². The number of benzene rings is 2. The summed E-state index contributed by atoms with van der Waals surface area (Å²) in [6.45, 7) is 2.41. The topological polar surface area (TPSA) is 41.6 Å². The molecule has 0 aromatic heterocycles. The number of amides is 2. The van der Waals surface area contributed by atoms with Gasteiger partial charge in [-0.1, -0.05) is 35.4 Å². The minimum atomic E-state index is -0.195. The molecule has 2 aromatic carbocycles. The summed E-state index contributed by atoms with van der Waals surface area (Å²) < 4.78 is 5.71. The summed E-state index contributed by atoms with van der Waals surface area (Å²) in [4.78, 5) is 13.1. The first-order chi connectivity index (χ1) is 10.5. The second-order valence-electron chi connectivity index (χ2n) is 5.23. The van der Waals surface area contributed by atoms with Crippen LogP contribution in [0.5, 0.6) is 5.75 Å². The van der Waals surface area contributed by atoms with Crippen LogP contribution in [-0.4, -0.2) is 25.0 Å². The van der Waals surface area contributed by atoms with E-state index < -0.39 is 0 Å². The Morgan fingerprint density at radius 1 is 1.18 bits per heavy atom. The summed E-state index contributed by atoms with van der Waals surface area (Å²) in [6, 6.07) is 13.0. The van der Waals surface area contributed by atoms with Gasteiger partial charge in [0.15, 0.2) is 0 Å². The molecular weight excluding hydrogens is 300 g/mol. The van der Waals surface area contributed by atoms with Crippen molar-refractivity contribution in [1.29, 1.82) is 0 Å². The molecule has 0 saturated heterocycles. The fourth-order valence-electron chi connectivity index (χ4n) is 1.77. The molecule has 0 bridgehead atoms. The van der Waals surface area contributed by atoms with Gasteiger partial charge in [0, 0.05) is 30.4 Å². The minimum Gasteiger partial charge on any atom is -0.489 e. The number of rotatable bonds is 4. The van der Waals surface area contributed by atoms with Gasteiger partial charge in [0.25, 0.3) is 0 Å². The molecule has 1 N–H and O–H groups in total. The zero-order valence-corrected chi connectivity index (χ0v) is 13.6. The molecule has 0 saturated carbocycles. The Balaban J connectivity index is 2.00. The Morgan fingerprint density at radius 3 is 2.45 bits per heavy atom. The van der Waals surface area contributed by atoms with Crippen molar-refractivity contribution in [2.75, 3.05) is 19.4 Å². The van der Waals surface area contributed by atoms with Crippen LogP contribution >= 0.6 is 11.6 Å². The maximum atomic E-state index is 11.6. The molecule has 0 spiro atoms. The number of aryl methyl sites for hydroxylation is 1. The third-order valence-corrected chi connectivity index (χ3v) is 3.48. The zero-order chi connectivity index (χ0) is 16.1. The maximum absolute atomic E-state index is 11.6. The first kappa shape index (κ1) is 16.2. The number of nitrogens with zero attached hydrogens (tertiary/aromatic N) is 1. The van der Waals surface area contributed by atoms with Gasteiger partial charge in [-0.3, -0.25) is 0 Å². The van der Waals surface area contributed by atoms with Gasteiger partial charge in [0.1, 0.15) is 12.4 Å². The minimum absolute atomic E-state index is 0.195. The molecule has 0 aliphatic rings. The van der Waals surface area contributed by atoms with Crippen LogP contribution in [0, 0.1) is 6.92 Å². The van der Waals surface area contributed by atoms with Crippen LogP contribution in [0.25, 0.3) is 0 Å². The van der Waals surface area contributed by atoms with E-state index in [1.54, 1.807) is 26.2 Å². The number of urea groups is 1. The van der Waals surface area contributed by atoms with Crippen molar-refractivity contribution in [2.24, 2.45) is 0 Å². The molecule has 0 radical (unpaired) electrons. The molecule has 116 valence electrons. The molecule has 5 heteroatoms. The fraction of sp³-hybridized carbons (Fsp3) is 0.235. The lowest BCUT2D eigenvalue weighted by Crippen LogP contribution is -2.27. The van der Waals surface area contributed by atoms with Crippen molar-refractivity contribution >= 4 is 23.3 Å². The number of anilines is 1. The van der Waals surface area contributed by atoms with Crippen molar-refractivity contribution in [1.82, 2.24) is 4.90 Å². The SMILES string of the molecule is Cc1ccc(OCc2ccc(NC(=O)N(C)C)cc2Cl)cc1. The second kappa shape index (κ2) is 7.18. The Morgan fingerprint density at radius 2 is 1.86 bits per heavy atom. The van der Waals surface area contributed by atoms with E-state index >= 15 is 0 Å². The molecule has 2 rings (SSSR count). The van der Waals surface area contributed by atoms with Crippen molar-refractivity contribution in [3.8, 4) is 5.75 Å². The van der Waals surface area contributed by atoms with Gasteiger partial charge in [-0.25, -0.2) is 4.79 Å². The highest BCUT2D eigenvalue weighted by Gasteiger charge is 2.07. The van der Waals surface area contributed by atoms with Gasteiger partial charge in [-0.2, -0.15) is 0 Å². The van der Waals surface area contributed by atoms with E-state index in [0.717, 1.165) is 11.3 Å². The van der Waals surface area contributed by atoms with E-state index in [-0.39, 0.29) is 6.03 Å². The number of hydrogen-bond donors (Lipinski definition) is 1. The molecule has 0 aliphatic carbocycles. The number of ether oxygens (including phenoxy) is 1. The Bertz CT molecular complexity index is 654. The van der Waals surface area contributed by atoms with Crippen LogP contribution < -0.4 is 10.1 Å². The monoisotopic (exact) mass is 318 g/mol. The summed E-state index contributed by atoms with van der Waals surface area (Å²) in [5, 5.41) is 3.31. The molecule has 0 heterocycles. The first-order valence-corrected chi connectivity index (χ1v) is 7.29. The van der Waals surface area contributed by atoms with Crippen LogP contribution in [-0.2, 0) is 6.61 Å². The van der Waals surface area contributed by atoms with Crippen molar-refractivity contribution in [3.05, 3.63) is 58.6 Å². The highest BCUT2D eigenvalue weighted by atomic mass is 35.5. The molecule has 0 atom stereocenters. The van der Waals surface area contributed by atoms with Gasteiger partial charge < -0.3 is 15.0 Å². The molecule has 0 unspecified atom stereocenters. The highest BCUT2D eigenvalue weighted by molar-refractivity contribution is 6.31. The molecule has 0 aliphatic heterocycles. The van der Waals surface area contributed by atoms with Gasteiger partial charge in [-0.15, -0.1) is 0 Å². The van der Waals surface area contributed by atoms with E-state index in [9.17, 15) is 4.79 Å². The van der Waals surface area contributed by atoms with Gasteiger partial charge in [-0.05, 0) is 31.2 Å². The lowest BCUT2D eigenvalue weighted by atomic mass is 10.2. The van der Waals surface area contributed by atoms with Crippen LogP contribution in [0.4, 0.5) is 10.5 Å². The van der Waals surface area contributed by atoms with Gasteiger partial charge in [0.05, 0.1) is 0 Å². The normalized spacial score (nSPS) is 10.2. The lowest BCUT2D eigenvalue weighted by Gasteiger charge is -2.13. The van der Waals surface area contributed by atoms with Crippen LogP contribution in [0.3, 0.4) is 0 Å². The summed E-state index contributed by atoms with van der Waals surface area (Å²) in [5.74, 6) is 0.798. The number of nitrogens with one attached hydrogen (secondary N) is 1. The Kier molecular flexibility index (Phi) is 5.28. The van der Waals surface area contributed by atoms with Crippen molar-refractivity contribution in [3.63, 3.8) is 0 Å². The number of carbonyl (C=O) groups is 1. The molecule has 2 aromatic rings. The third kappa shape index (κ3) is 4.40. The largest absolute Gasteiger partial charge is 0.489 e. The first-order valence-electron chi connectivity index (χ1n) is 6.92. The van der Waals surface area contributed by atoms with Gasteiger partial charge >= 0.3 is 6.03 Å². The Hall–Kier alpha value is -2.20. The average Bonchev–Trinajstić information content (AvgIpc) is 2.48. The molecular formula is C17H19ClN2O2. The molecule has 22 heavy (non-hydrogen) atoms.